The van der Waals surface area contributed by atoms with Crippen molar-refractivity contribution < 1.29 is 18.7 Å². The van der Waals surface area contributed by atoms with Gasteiger partial charge >= 0.3 is 0 Å². The first-order chi connectivity index (χ1) is 13.5. The van der Waals surface area contributed by atoms with E-state index in [-0.39, 0.29) is 17.7 Å². The zero-order valence-corrected chi connectivity index (χ0v) is 16.1. The fourth-order valence-corrected chi connectivity index (χ4v) is 2.93. The van der Waals surface area contributed by atoms with Crippen molar-refractivity contribution in [3.05, 3.63) is 76.7 Å². The van der Waals surface area contributed by atoms with E-state index < -0.39 is 11.7 Å². The van der Waals surface area contributed by atoms with Crippen LogP contribution in [-0.4, -0.2) is 25.1 Å². The van der Waals surface area contributed by atoms with Gasteiger partial charge in [-0.1, -0.05) is 17.7 Å². The van der Waals surface area contributed by atoms with Crippen LogP contribution in [0.1, 0.15) is 15.9 Å². The zero-order chi connectivity index (χ0) is 20.1. The number of hydrogen-bond acceptors (Lipinski definition) is 4. The van der Waals surface area contributed by atoms with E-state index in [4.69, 9.17) is 21.1 Å². The van der Waals surface area contributed by atoms with E-state index in [1.165, 1.54) is 24.4 Å². The summed E-state index contributed by atoms with van der Waals surface area (Å²) in [6, 6.07) is 12.8. The highest BCUT2D eigenvalue weighted by Gasteiger charge is 2.14. The van der Waals surface area contributed by atoms with Gasteiger partial charge in [0.1, 0.15) is 5.82 Å². The average molecular weight is 401 g/mol. The molecule has 0 atom stereocenters. The summed E-state index contributed by atoms with van der Waals surface area (Å²) in [5.74, 6) is 0.201. The van der Waals surface area contributed by atoms with Crippen molar-refractivity contribution in [3.8, 4) is 22.8 Å². The van der Waals surface area contributed by atoms with Crippen LogP contribution in [0.25, 0.3) is 11.3 Å². The van der Waals surface area contributed by atoms with Crippen LogP contribution in [0.3, 0.4) is 0 Å². The molecule has 0 aliphatic carbocycles. The molecule has 3 rings (SSSR count). The van der Waals surface area contributed by atoms with Gasteiger partial charge in [0.2, 0.25) is 0 Å². The molecule has 0 saturated heterocycles. The molecule has 0 aliphatic rings. The number of hydrogen-bond donors (Lipinski definition) is 1. The second kappa shape index (κ2) is 8.71. The summed E-state index contributed by atoms with van der Waals surface area (Å²) < 4.78 is 24.9. The number of benzene rings is 2. The topological polar surface area (TPSA) is 60.5 Å². The number of amides is 1. The summed E-state index contributed by atoms with van der Waals surface area (Å²) >= 11 is 6.07. The minimum atomic E-state index is -0.570. The van der Waals surface area contributed by atoms with Crippen LogP contribution in [0.15, 0.2) is 54.7 Å². The summed E-state index contributed by atoms with van der Waals surface area (Å²) in [5.41, 5.74) is 1.60. The van der Waals surface area contributed by atoms with Crippen molar-refractivity contribution in [3.63, 3.8) is 0 Å². The highest BCUT2D eigenvalue weighted by molar-refractivity contribution is 6.33. The number of ether oxygens (including phenoxy) is 2. The lowest BCUT2D eigenvalue weighted by atomic mass is 10.1. The molecule has 0 saturated carbocycles. The molecule has 28 heavy (non-hydrogen) atoms. The molecule has 1 N–H and O–H groups in total. The lowest BCUT2D eigenvalue weighted by Gasteiger charge is -2.11. The fourth-order valence-electron chi connectivity index (χ4n) is 2.71. The van der Waals surface area contributed by atoms with Gasteiger partial charge in [0.15, 0.2) is 11.5 Å². The molecule has 5 nitrogen and oxygen atoms in total. The van der Waals surface area contributed by atoms with Crippen LogP contribution in [0.4, 0.5) is 4.39 Å². The molecule has 0 aliphatic heterocycles. The van der Waals surface area contributed by atoms with Crippen LogP contribution in [0.5, 0.6) is 11.5 Å². The first-order valence-electron chi connectivity index (χ1n) is 8.43. The number of carbonyl (C=O) groups is 1. The normalized spacial score (nSPS) is 10.4. The molecule has 3 aromatic rings. The Morgan fingerprint density at radius 3 is 2.57 bits per heavy atom. The highest BCUT2D eigenvalue weighted by Crippen LogP contribution is 2.29. The lowest BCUT2D eigenvalue weighted by Crippen LogP contribution is -2.23. The molecule has 144 valence electrons. The largest absolute Gasteiger partial charge is 0.493 e. The van der Waals surface area contributed by atoms with Crippen LogP contribution < -0.4 is 14.8 Å². The van der Waals surface area contributed by atoms with Crippen LogP contribution >= 0.6 is 11.6 Å². The molecule has 0 unspecified atom stereocenters. The molecule has 7 heteroatoms. The molecule has 0 spiro atoms. The minimum absolute atomic E-state index is 0.203. The van der Waals surface area contributed by atoms with Gasteiger partial charge < -0.3 is 14.8 Å². The number of aromatic nitrogens is 1. The predicted molar refractivity (Wildman–Crippen MR) is 105 cm³/mol. The first-order valence-corrected chi connectivity index (χ1v) is 8.81. The summed E-state index contributed by atoms with van der Waals surface area (Å²) in [4.78, 5) is 16.5. The van der Waals surface area contributed by atoms with Gasteiger partial charge in [-0.25, -0.2) is 4.39 Å². The number of methoxy groups -OCH3 is 2. The molecular formula is C21H18ClFN2O3. The highest BCUT2D eigenvalue weighted by atomic mass is 35.5. The maximum absolute atomic E-state index is 14.5. The van der Waals surface area contributed by atoms with Crippen molar-refractivity contribution in [1.29, 1.82) is 0 Å². The summed E-state index contributed by atoms with van der Waals surface area (Å²) in [6.45, 7) is 0.259. The van der Waals surface area contributed by atoms with Gasteiger partial charge in [-0.05, 0) is 48.0 Å². The SMILES string of the molecule is COc1ccc(CNC(=O)c2ccc(-c3ncccc3Cl)c(F)c2)cc1OC. The maximum Gasteiger partial charge on any atom is 0.251 e. The smallest absolute Gasteiger partial charge is 0.251 e. The number of nitrogens with zero attached hydrogens (tertiary/aromatic N) is 1. The Kier molecular flexibility index (Phi) is 6.11. The minimum Gasteiger partial charge on any atom is -0.493 e. The van der Waals surface area contributed by atoms with E-state index in [0.29, 0.717) is 22.2 Å². The molecule has 2 aromatic carbocycles. The quantitative estimate of drug-likeness (QED) is 0.662. The third-order valence-electron chi connectivity index (χ3n) is 4.15. The Morgan fingerprint density at radius 1 is 1.11 bits per heavy atom. The molecule has 1 heterocycles. The van der Waals surface area contributed by atoms with E-state index in [2.05, 4.69) is 10.3 Å². The number of nitrogens with one attached hydrogen (secondary N) is 1. The molecular weight excluding hydrogens is 383 g/mol. The number of pyridine rings is 1. The zero-order valence-electron chi connectivity index (χ0n) is 15.3. The Hall–Kier alpha value is -3.12. The van der Waals surface area contributed by atoms with Gasteiger partial charge in [0.25, 0.3) is 5.91 Å². The molecule has 0 fully saturated rings. The van der Waals surface area contributed by atoms with E-state index in [0.717, 1.165) is 5.56 Å². The van der Waals surface area contributed by atoms with Gasteiger partial charge in [-0.2, -0.15) is 0 Å². The third-order valence-corrected chi connectivity index (χ3v) is 4.45. The van der Waals surface area contributed by atoms with Crippen LogP contribution in [-0.2, 0) is 6.54 Å². The van der Waals surface area contributed by atoms with Crippen molar-refractivity contribution in [2.45, 2.75) is 6.54 Å². The Bertz CT molecular complexity index is 1010. The number of rotatable bonds is 6. The summed E-state index contributed by atoms with van der Waals surface area (Å²) in [5, 5.41) is 3.10. The first kappa shape index (κ1) is 19.6. The molecule has 0 radical (unpaired) electrons. The molecule has 0 bridgehead atoms. The Labute approximate surface area is 167 Å². The number of halogens is 2. The number of carbonyl (C=O) groups excluding carboxylic acids is 1. The standard InChI is InChI=1S/C21H18ClFN2O3/c1-27-18-8-5-13(10-19(18)28-2)12-25-21(26)14-6-7-15(17(23)11-14)20-16(22)4-3-9-24-20/h3-11H,12H2,1-2H3,(H,25,26). The monoisotopic (exact) mass is 400 g/mol. The molecule has 1 amide bonds. The third kappa shape index (κ3) is 4.23. The predicted octanol–water partition coefficient (Wildman–Crippen LogP) is 4.49. The van der Waals surface area contributed by atoms with Gasteiger partial charge in [0.05, 0.1) is 24.9 Å². The lowest BCUT2D eigenvalue weighted by molar-refractivity contribution is 0.0950. The summed E-state index contributed by atoms with van der Waals surface area (Å²) in [7, 11) is 3.09. The van der Waals surface area contributed by atoms with Crippen LogP contribution in [0.2, 0.25) is 5.02 Å². The average Bonchev–Trinajstić information content (AvgIpc) is 2.72. The second-order valence-corrected chi connectivity index (χ2v) is 6.31. The van der Waals surface area contributed by atoms with E-state index in [9.17, 15) is 9.18 Å². The van der Waals surface area contributed by atoms with Crippen molar-refractivity contribution in [1.82, 2.24) is 10.3 Å². The van der Waals surface area contributed by atoms with E-state index in [1.807, 2.05) is 6.07 Å². The van der Waals surface area contributed by atoms with Gasteiger partial charge in [-0.3, -0.25) is 9.78 Å². The Balaban J connectivity index is 1.73. The van der Waals surface area contributed by atoms with Crippen molar-refractivity contribution in [2.75, 3.05) is 14.2 Å². The second-order valence-electron chi connectivity index (χ2n) is 5.90. The van der Waals surface area contributed by atoms with E-state index >= 15 is 0 Å². The van der Waals surface area contributed by atoms with E-state index in [1.54, 1.807) is 38.5 Å². The van der Waals surface area contributed by atoms with Gasteiger partial charge in [0, 0.05) is 23.9 Å². The van der Waals surface area contributed by atoms with Crippen molar-refractivity contribution in [2.24, 2.45) is 0 Å². The molecule has 1 aromatic heterocycles. The van der Waals surface area contributed by atoms with Crippen molar-refractivity contribution >= 4 is 17.5 Å². The fraction of sp³-hybridized carbons (Fsp3) is 0.143. The summed E-state index contributed by atoms with van der Waals surface area (Å²) in [6.07, 6.45) is 1.53. The maximum atomic E-state index is 14.5. The van der Waals surface area contributed by atoms with Crippen LogP contribution in [0, 0.1) is 5.82 Å². The van der Waals surface area contributed by atoms with Gasteiger partial charge in [-0.15, -0.1) is 0 Å². The Morgan fingerprint density at radius 2 is 1.89 bits per heavy atom.